The fourth-order valence-corrected chi connectivity index (χ4v) is 3.56. The summed E-state index contributed by atoms with van der Waals surface area (Å²) in [7, 11) is 0. The molecule has 4 rings (SSSR count). The Balaban J connectivity index is 1.39. The van der Waals surface area contributed by atoms with Gasteiger partial charge in [0.25, 0.3) is 0 Å². The van der Waals surface area contributed by atoms with Gasteiger partial charge in [-0.3, -0.25) is 19.6 Å². The Morgan fingerprint density at radius 1 is 1.06 bits per heavy atom. The summed E-state index contributed by atoms with van der Waals surface area (Å²) in [6.45, 7) is 1.01. The average molecular weight is 428 g/mol. The molecule has 0 spiro atoms. The quantitative estimate of drug-likeness (QED) is 0.596. The van der Waals surface area contributed by atoms with Gasteiger partial charge in [-0.2, -0.15) is 0 Å². The van der Waals surface area contributed by atoms with E-state index in [4.69, 9.17) is 4.74 Å². The van der Waals surface area contributed by atoms with Crippen LogP contribution in [0.3, 0.4) is 0 Å². The van der Waals surface area contributed by atoms with Crippen LogP contribution in [0.2, 0.25) is 0 Å². The summed E-state index contributed by atoms with van der Waals surface area (Å²) in [4.78, 5) is 35.5. The molecule has 1 aromatic carbocycles. The second-order valence-electron chi connectivity index (χ2n) is 7.49. The number of rotatable bonds is 6. The number of nitrogens with one attached hydrogen (secondary N) is 1. The van der Waals surface area contributed by atoms with Crippen LogP contribution >= 0.6 is 0 Å². The van der Waals surface area contributed by atoms with Crippen molar-refractivity contribution < 1.29 is 14.3 Å². The van der Waals surface area contributed by atoms with Gasteiger partial charge in [0.1, 0.15) is 5.75 Å². The average Bonchev–Trinajstić information content (AvgIpc) is 2.85. The first-order valence-electron chi connectivity index (χ1n) is 10.5. The zero-order chi connectivity index (χ0) is 22.2. The van der Waals surface area contributed by atoms with E-state index >= 15 is 0 Å². The van der Waals surface area contributed by atoms with Crippen molar-refractivity contribution in [2.45, 2.75) is 12.8 Å². The summed E-state index contributed by atoms with van der Waals surface area (Å²) in [5.41, 5.74) is 1.30. The van der Waals surface area contributed by atoms with Crippen LogP contribution in [0.25, 0.3) is 6.08 Å². The fraction of sp³-hybridized carbons (Fsp3) is 0.200. The molecule has 1 saturated heterocycles. The predicted molar refractivity (Wildman–Crippen MR) is 122 cm³/mol. The number of hydrogen-bond donors (Lipinski definition) is 1. The van der Waals surface area contributed by atoms with Crippen LogP contribution in [0.15, 0.2) is 79.3 Å². The third-order valence-corrected chi connectivity index (χ3v) is 5.20. The highest BCUT2D eigenvalue weighted by atomic mass is 16.5. The topological polar surface area (TPSA) is 84.4 Å². The maximum atomic E-state index is 13.0. The summed E-state index contributed by atoms with van der Waals surface area (Å²) in [5, 5.41) is 2.97. The van der Waals surface area contributed by atoms with Crippen molar-refractivity contribution in [3.8, 4) is 11.5 Å². The third-order valence-electron chi connectivity index (χ3n) is 5.20. The van der Waals surface area contributed by atoms with Crippen molar-refractivity contribution in [2.75, 3.05) is 18.4 Å². The molecule has 0 bridgehead atoms. The number of aromatic nitrogens is 2. The molecule has 1 atom stereocenters. The van der Waals surface area contributed by atoms with Crippen molar-refractivity contribution in [1.82, 2.24) is 14.9 Å². The molecule has 1 N–H and O–H groups in total. The second kappa shape index (κ2) is 10.3. The van der Waals surface area contributed by atoms with Gasteiger partial charge >= 0.3 is 0 Å². The number of carbonyl (C=O) groups is 2. The summed E-state index contributed by atoms with van der Waals surface area (Å²) in [6.07, 6.45) is 9.67. The SMILES string of the molecule is O=C(Nc1ccccc1Oc1cccnc1)C1CCCN(C(=O)/C=C/c2ccccn2)C1. The second-order valence-corrected chi connectivity index (χ2v) is 7.49. The zero-order valence-corrected chi connectivity index (χ0v) is 17.6. The highest BCUT2D eigenvalue weighted by Gasteiger charge is 2.28. The van der Waals surface area contributed by atoms with E-state index in [-0.39, 0.29) is 17.7 Å². The lowest BCUT2D eigenvalue weighted by atomic mass is 9.97. The smallest absolute Gasteiger partial charge is 0.246 e. The van der Waals surface area contributed by atoms with Gasteiger partial charge in [0.2, 0.25) is 11.8 Å². The van der Waals surface area contributed by atoms with Crippen LogP contribution in [0.4, 0.5) is 5.69 Å². The molecule has 0 saturated carbocycles. The van der Waals surface area contributed by atoms with E-state index in [0.29, 0.717) is 30.3 Å². The first kappa shape index (κ1) is 21.2. The van der Waals surface area contributed by atoms with Crippen molar-refractivity contribution in [3.05, 3.63) is 85.0 Å². The Bertz CT molecular complexity index is 1090. The number of anilines is 1. The monoisotopic (exact) mass is 428 g/mol. The van der Waals surface area contributed by atoms with E-state index in [2.05, 4.69) is 15.3 Å². The molecular weight excluding hydrogens is 404 g/mol. The highest BCUT2D eigenvalue weighted by molar-refractivity contribution is 5.95. The maximum Gasteiger partial charge on any atom is 0.246 e. The molecule has 2 amide bonds. The first-order chi connectivity index (χ1) is 15.7. The van der Waals surface area contributed by atoms with Crippen molar-refractivity contribution in [2.24, 2.45) is 5.92 Å². The number of piperidine rings is 1. The van der Waals surface area contributed by atoms with Gasteiger partial charge in [0, 0.05) is 31.6 Å². The molecule has 0 radical (unpaired) electrons. The third kappa shape index (κ3) is 5.57. The molecule has 3 heterocycles. The van der Waals surface area contributed by atoms with Crippen LogP contribution < -0.4 is 10.1 Å². The van der Waals surface area contributed by atoms with Gasteiger partial charge in [-0.05, 0) is 55.3 Å². The van der Waals surface area contributed by atoms with E-state index in [1.165, 1.54) is 6.08 Å². The van der Waals surface area contributed by atoms with Gasteiger partial charge in [0.05, 0.1) is 23.5 Å². The van der Waals surface area contributed by atoms with Crippen LogP contribution in [0.1, 0.15) is 18.5 Å². The molecule has 32 heavy (non-hydrogen) atoms. The lowest BCUT2D eigenvalue weighted by Gasteiger charge is -2.31. The molecule has 1 aliphatic rings. The molecule has 1 fully saturated rings. The minimum Gasteiger partial charge on any atom is -0.454 e. The number of amides is 2. The van der Waals surface area contributed by atoms with Crippen molar-refractivity contribution in [3.63, 3.8) is 0 Å². The Kier molecular flexibility index (Phi) is 6.87. The molecule has 2 aromatic heterocycles. The van der Waals surface area contributed by atoms with Gasteiger partial charge in [-0.1, -0.05) is 18.2 Å². The highest BCUT2D eigenvalue weighted by Crippen LogP contribution is 2.30. The Hall–Kier alpha value is -4.00. The van der Waals surface area contributed by atoms with E-state index in [9.17, 15) is 9.59 Å². The molecular formula is C25H24N4O3. The molecule has 7 nitrogen and oxygen atoms in total. The maximum absolute atomic E-state index is 13.0. The van der Waals surface area contributed by atoms with Crippen molar-refractivity contribution in [1.29, 1.82) is 0 Å². The molecule has 3 aromatic rings. The van der Waals surface area contributed by atoms with Gasteiger partial charge in [-0.25, -0.2) is 0 Å². The van der Waals surface area contributed by atoms with Crippen LogP contribution in [-0.2, 0) is 9.59 Å². The van der Waals surface area contributed by atoms with Crippen molar-refractivity contribution >= 4 is 23.6 Å². The summed E-state index contributed by atoms with van der Waals surface area (Å²) in [6, 6.07) is 16.4. The van der Waals surface area contributed by atoms with E-state index < -0.39 is 0 Å². The number of likely N-dealkylation sites (tertiary alicyclic amines) is 1. The van der Waals surface area contributed by atoms with Crippen LogP contribution in [-0.4, -0.2) is 39.8 Å². The van der Waals surface area contributed by atoms with Gasteiger partial charge < -0.3 is 15.0 Å². The molecule has 7 heteroatoms. The van der Waals surface area contributed by atoms with E-state index in [1.807, 2.05) is 30.3 Å². The molecule has 162 valence electrons. The zero-order valence-electron chi connectivity index (χ0n) is 17.6. The number of benzene rings is 1. The minimum atomic E-state index is -0.289. The standard InChI is InChI=1S/C25H24N4O3/c30-24(13-12-20-8-3-4-15-27-20)29-16-6-7-19(18-29)25(31)28-22-10-1-2-11-23(22)32-21-9-5-14-26-17-21/h1-5,8-15,17,19H,6-7,16,18H2,(H,28,31)/b13-12+. The first-order valence-corrected chi connectivity index (χ1v) is 10.5. The van der Waals surface area contributed by atoms with Gasteiger partial charge in [0.15, 0.2) is 5.75 Å². The molecule has 1 aliphatic heterocycles. The fourth-order valence-electron chi connectivity index (χ4n) is 3.56. The number of ether oxygens (including phenoxy) is 1. The lowest BCUT2D eigenvalue weighted by Crippen LogP contribution is -2.43. The molecule has 1 unspecified atom stereocenters. The Labute approximate surface area is 186 Å². The van der Waals surface area contributed by atoms with Crippen LogP contribution in [0.5, 0.6) is 11.5 Å². The Morgan fingerprint density at radius 3 is 2.75 bits per heavy atom. The normalized spacial score (nSPS) is 16.0. The largest absolute Gasteiger partial charge is 0.454 e. The van der Waals surface area contributed by atoms with Gasteiger partial charge in [-0.15, -0.1) is 0 Å². The number of carbonyl (C=O) groups excluding carboxylic acids is 2. The van der Waals surface area contributed by atoms with Crippen LogP contribution in [0, 0.1) is 5.92 Å². The number of hydrogen-bond acceptors (Lipinski definition) is 5. The lowest BCUT2D eigenvalue weighted by molar-refractivity contribution is -0.130. The summed E-state index contributed by atoms with van der Waals surface area (Å²) in [5.74, 6) is 0.591. The minimum absolute atomic E-state index is 0.117. The molecule has 0 aliphatic carbocycles. The summed E-state index contributed by atoms with van der Waals surface area (Å²) < 4.78 is 5.87. The van der Waals surface area contributed by atoms with E-state index in [1.54, 1.807) is 53.8 Å². The number of pyridine rings is 2. The number of para-hydroxylation sites is 2. The predicted octanol–water partition coefficient (Wildman–Crippen LogP) is 4.16. The number of nitrogens with zero attached hydrogens (tertiary/aromatic N) is 3. The summed E-state index contributed by atoms with van der Waals surface area (Å²) >= 11 is 0. The Morgan fingerprint density at radius 2 is 1.94 bits per heavy atom. The van der Waals surface area contributed by atoms with E-state index in [0.717, 1.165) is 18.5 Å².